The van der Waals surface area contributed by atoms with Gasteiger partial charge in [-0.15, -0.1) is 0 Å². The van der Waals surface area contributed by atoms with Gasteiger partial charge in [-0.1, -0.05) is 18.9 Å². The number of carbonyl (C=O) groups is 1. The van der Waals surface area contributed by atoms with Crippen molar-refractivity contribution in [1.29, 1.82) is 0 Å². The Morgan fingerprint density at radius 1 is 1.04 bits per heavy atom. The molecular weight excluding hydrogens is 312 g/mol. The molecule has 2 N–H and O–H groups in total. The fraction of sp³-hybridized carbons (Fsp3) is 0.588. The van der Waals surface area contributed by atoms with E-state index >= 15 is 0 Å². The summed E-state index contributed by atoms with van der Waals surface area (Å²) in [5.74, 6) is -0.251. The van der Waals surface area contributed by atoms with Crippen molar-refractivity contribution in [3.8, 4) is 0 Å². The molecule has 0 saturated heterocycles. The molecule has 0 radical (unpaired) electrons. The lowest BCUT2D eigenvalue weighted by Crippen LogP contribution is -2.40. The van der Waals surface area contributed by atoms with Gasteiger partial charge >= 0.3 is 0 Å². The van der Waals surface area contributed by atoms with Crippen LogP contribution in [0.2, 0.25) is 0 Å². The van der Waals surface area contributed by atoms with Crippen LogP contribution in [-0.2, 0) is 27.7 Å². The van der Waals surface area contributed by atoms with E-state index < -0.39 is 10.0 Å². The summed E-state index contributed by atoms with van der Waals surface area (Å²) in [6.07, 6.45) is 8.46. The van der Waals surface area contributed by atoms with E-state index in [0.29, 0.717) is 0 Å². The van der Waals surface area contributed by atoms with E-state index in [0.717, 1.165) is 50.5 Å². The third-order valence-electron chi connectivity index (χ3n) is 4.77. The Bertz CT molecular complexity index is 679. The van der Waals surface area contributed by atoms with Crippen LogP contribution < -0.4 is 10.0 Å². The molecule has 6 heteroatoms. The quantitative estimate of drug-likeness (QED) is 0.862. The molecule has 0 aromatic heterocycles. The highest BCUT2D eigenvalue weighted by Gasteiger charge is 2.21. The molecule has 0 bridgehead atoms. The first-order valence-corrected chi connectivity index (χ1v) is 9.94. The van der Waals surface area contributed by atoms with Crippen LogP contribution >= 0.6 is 0 Å². The monoisotopic (exact) mass is 336 g/mol. The summed E-state index contributed by atoms with van der Waals surface area (Å²) >= 11 is 0. The lowest BCUT2D eigenvalue weighted by atomic mass is 9.92. The number of fused-ring (bicyclic) bond motifs is 1. The van der Waals surface area contributed by atoms with Crippen molar-refractivity contribution in [1.82, 2.24) is 10.0 Å². The minimum atomic E-state index is -3.63. The smallest absolute Gasteiger partial charge is 0.241 e. The molecule has 1 amide bonds. The SMILES string of the molecule is O=C(CNS(=O)(=O)c1ccc2c(c1)CCCC2)NC1CCCC1. The molecule has 0 atom stereocenters. The number of benzene rings is 1. The predicted octanol–water partition coefficient (Wildman–Crippen LogP) is 1.90. The van der Waals surface area contributed by atoms with Gasteiger partial charge in [0, 0.05) is 6.04 Å². The number of hydrogen-bond donors (Lipinski definition) is 2. The van der Waals surface area contributed by atoms with Gasteiger partial charge in [0.25, 0.3) is 0 Å². The van der Waals surface area contributed by atoms with E-state index in [2.05, 4.69) is 10.0 Å². The second-order valence-electron chi connectivity index (χ2n) is 6.51. The molecule has 1 aromatic carbocycles. The third-order valence-corrected chi connectivity index (χ3v) is 6.17. The Balaban J connectivity index is 1.61. The number of hydrogen-bond acceptors (Lipinski definition) is 3. The molecule has 3 rings (SSSR count). The van der Waals surface area contributed by atoms with Crippen molar-refractivity contribution < 1.29 is 13.2 Å². The van der Waals surface area contributed by atoms with Gasteiger partial charge in [0.05, 0.1) is 11.4 Å². The van der Waals surface area contributed by atoms with Gasteiger partial charge in [-0.2, -0.15) is 0 Å². The molecule has 126 valence electrons. The van der Waals surface area contributed by atoms with Crippen LogP contribution in [0.15, 0.2) is 23.1 Å². The Morgan fingerprint density at radius 2 is 1.74 bits per heavy atom. The fourth-order valence-corrected chi connectivity index (χ4v) is 4.50. The maximum Gasteiger partial charge on any atom is 0.241 e. The van der Waals surface area contributed by atoms with E-state index in [4.69, 9.17) is 0 Å². The second-order valence-corrected chi connectivity index (χ2v) is 8.28. The lowest BCUT2D eigenvalue weighted by Gasteiger charge is -2.17. The van der Waals surface area contributed by atoms with Crippen LogP contribution in [0.5, 0.6) is 0 Å². The highest BCUT2D eigenvalue weighted by atomic mass is 32.2. The molecule has 5 nitrogen and oxygen atoms in total. The number of amides is 1. The van der Waals surface area contributed by atoms with Crippen LogP contribution in [0.3, 0.4) is 0 Å². The molecule has 1 fully saturated rings. The van der Waals surface area contributed by atoms with Crippen LogP contribution in [0.1, 0.15) is 49.7 Å². The normalized spacial score (nSPS) is 18.6. The zero-order valence-corrected chi connectivity index (χ0v) is 14.1. The summed E-state index contributed by atoms with van der Waals surface area (Å²) in [6, 6.07) is 5.50. The molecule has 2 aliphatic rings. The Hall–Kier alpha value is -1.40. The van der Waals surface area contributed by atoms with Gasteiger partial charge in [0.2, 0.25) is 15.9 Å². The molecule has 0 spiro atoms. The van der Waals surface area contributed by atoms with E-state index in [9.17, 15) is 13.2 Å². The lowest BCUT2D eigenvalue weighted by molar-refractivity contribution is -0.120. The van der Waals surface area contributed by atoms with Crippen molar-refractivity contribution in [2.24, 2.45) is 0 Å². The molecule has 2 aliphatic carbocycles. The summed E-state index contributed by atoms with van der Waals surface area (Å²) in [5, 5.41) is 2.89. The number of carbonyl (C=O) groups excluding carboxylic acids is 1. The van der Waals surface area contributed by atoms with Crippen molar-refractivity contribution in [3.05, 3.63) is 29.3 Å². The first kappa shape index (κ1) is 16.5. The largest absolute Gasteiger partial charge is 0.352 e. The Kier molecular flexibility index (Phi) is 5.02. The molecule has 0 aliphatic heterocycles. The van der Waals surface area contributed by atoms with Crippen LogP contribution in [0, 0.1) is 0 Å². The first-order chi connectivity index (χ1) is 11.0. The number of aryl methyl sites for hydroxylation is 2. The van der Waals surface area contributed by atoms with Gasteiger partial charge < -0.3 is 5.32 Å². The molecule has 1 aromatic rings. The summed E-state index contributed by atoms with van der Waals surface area (Å²) in [5.41, 5.74) is 2.36. The van der Waals surface area contributed by atoms with Gasteiger partial charge in [0.1, 0.15) is 0 Å². The molecule has 0 heterocycles. The van der Waals surface area contributed by atoms with Gasteiger partial charge in [0.15, 0.2) is 0 Å². The summed E-state index contributed by atoms with van der Waals surface area (Å²) in [7, 11) is -3.63. The Labute approximate surface area is 137 Å². The zero-order valence-electron chi connectivity index (χ0n) is 13.3. The molecule has 1 saturated carbocycles. The number of nitrogens with one attached hydrogen (secondary N) is 2. The van der Waals surface area contributed by atoms with Crippen LogP contribution in [0.4, 0.5) is 0 Å². The van der Waals surface area contributed by atoms with E-state index in [1.807, 2.05) is 6.07 Å². The van der Waals surface area contributed by atoms with Crippen LogP contribution in [-0.4, -0.2) is 26.9 Å². The Morgan fingerprint density at radius 3 is 2.48 bits per heavy atom. The molecule has 0 unspecified atom stereocenters. The highest BCUT2D eigenvalue weighted by molar-refractivity contribution is 7.89. The van der Waals surface area contributed by atoms with E-state index in [-0.39, 0.29) is 23.4 Å². The van der Waals surface area contributed by atoms with Crippen molar-refractivity contribution in [2.45, 2.75) is 62.3 Å². The molecule has 23 heavy (non-hydrogen) atoms. The number of sulfonamides is 1. The zero-order chi connectivity index (χ0) is 16.3. The summed E-state index contributed by atoms with van der Waals surface area (Å²) in [6.45, 7) is -0.198. The van der Waals surface area contributed by atoms with Crippen molar-refractivity contribution in [2.75, 3.05) is 6.54 Å². The van der Waals surface area contributed by atoms with Crippen LogP contribution in [0.25, 0.3) is 0 Å². The minimum absolute atomic E-state index is 0.198. The van der Waals surface area contributed by atoms with Gasteiger partial charge in [-0.05, 0) is 61.8 Å². The first-order valence-electron chi connectivity index (χ1n) is 8.45. The maximum atomic E-state index is 12.4. The van der Waals surface area contributed by atoms with Crippen molar-refractivity contribution in [3.63, 3.8) is 0 Å². The fourth-order valence-electron chi connectivity index (χ4n) is 3.47. The average Bonchev–Trinajstić information content (AvgIpc) is 3.05. The third kappa shape index (κ3) is 4.12. The predicted molar refractivity (Wildman–Crippen MR) is 88.7 cm³/mol. The highest BCUT2D eigenvalue weighted by Crippen LogP contribution is 2.24. The average molecular weight is 336 g/mol. The second kappa shape index (κ2) is 7.01. The van der Waals surface area contributed by atoms with E-state index in [1.165, 1.54) is 12.0 Å². The minimum Gasteiger partial charge on any atom is -0.352 e. The van der Waals surface area contributed by atoms with Crippen molar-refractivity contribution >= 4 is 15.9 Å². The van der Waals surface area contributed by atoms with Gasteiger partial charge in [-0.3, -0.25) is 4.79 Å². The van der Waals surface area contributed by atoms with E-state index in [1.54, 1.807) is 12.1 Å². The summed E-state index contributed by atoms with van der Waals surface area (Å²) < 4.78 is 27.2. The maximum absolute atomic E-state index is 12.4. The summed E-state index contributed by atoms with van der Waals surface area (Å²) in [4.78, 5) is 12.1. The topological polar surface area (TPSA) is 75.3 Å². The van der Waals surface area contributed by atoms with Gasteiger partial charge in [-0.25, -0.2) is 13.1 Å². The molecular formula is C17H24N2O3S. The standard InChI is InChI=1S/C17H24N2O3S/c20-17(19-15-7-3-4-8-15)12-18-23(21,22)16-10-9-13-5-1-2-6-14(13)11-16/h9-11,15,18H,1-8,12H2,(H,19,20). The number of rotatable bonds is 5.